The normalized spacial score (nSPS) is 12.1. The van der Waals surface area contributed by atoms with Crippen LogP contribution in [0, 0.1) is 0 Å². The Labute approximate surface area is 121 Å². The molecule has 2 heteroatoms. The maximum Gasteiger partial charge on any atom is 0.127 e. The Morgan fingerprint density at radius 1 is 1.00 bits per heavy atom. The quantitative estimate of drug-likeness (QED) is 0.782. The molecule has 2 nitrogen and oxygen atoms in total. The Morgan fingerprint density at radius 2 is 1.75 bits per heavy atom. The molecule has 1 N–H and O–H groups in total. The highest BCUT2D eigenvalue weighted by atomic mass is 16.5. The average molecular weight is 269 g/mol. The lowest BCUT2D eigenvalue weighted by Gasteiger charge is -2.13. The summed E-state index contributed by atoms with van der Waals surface area (Å²) in [4.78, 5) is 0. The first-order chi connectivity index (χ1) is 9.78. The molecule has 0 spiro atoms. The second-order valence-electron chi connectivity index (χ2n) is 5.13. The molecular weight excluding hydrogens is 246 g/mol. The molecule has 2 aromatic rings. The lowest BCUT2D eigenvalue weighted by Crippen LogP contribution is -2.25. The van der Waals surface area contributed by atoms with Crippen molar-refractivity contribution in [1.29, 1.82) is 0 Å². The third kappa shape index (κ3) is 4.71. The fourth-order valence-corrected chi connectivity index (χ4v) is 2.17. The first-order valence-electron chi connectivity index (χ1n) is 7.33. The van der Waals surface area contributed by atoms with E-state index < -0.39 is 0 Å². The number of benzene rings is 2. The van der Waals surface area contributed by atoms with E-state index >= 15 is 0 Å². The molecule has 0 aliphatic carbocycles. The maximum absolute atomic E-state index is 5.85. The highest BCUT2D eigenvalue weighted by Gasteiger charge is 2.02. The minimum atomic E-state index is 0.554. The molecule has 0 bridgehead atoms. The van der Waals surface area contributed by atoms with Crippen LogP contribution in [0.25, 0.3) is 0 Å². The molecule has 0 aliphatic rings. The van der Waals surface area contributed by atoms with Gasteiger partial charge in [0.2, 0.25) is 0 Å². The number of hydrogen-bond acceptors (Lipinski definition) is 2. The zero-order chi connectivity index (χ0) is 14.2. The van der Waals surface area contributed by atoms with Crippen LogP contribution in [0.1, 0.15) is 32.3 Å². The van der Waals surface area contributed by atoms with Crippen LogP contribution in [0.15, 0.2) is 54.6 Å². The lowest BCUT2D eigenvalue weighted by molar-refractivity contribution is 0.479. The van der Waals surface area contributed by atoms with Gasteiger partial charge in [-0.2, -0.15) is 0 Å². The van der Waals surface area contributed by atoms with E-state index in [0.29, 0.717) is 6.04 Å². The number of nitrogens with one attached hydrogen (secondary N) is 1. The van der Waals surface area contributed by atoms with Gasteiger partial charge in [-0.05, 0) is 43.2 Å². The van der Waals surface area contributed by atoms with Gasteiger partial charge in [-0.3, -0.25) is 0 Å². The van der Waals surface area contributed by atoms with E-state index in [1.807, 2.05) is 42.5 Å². The van der Waals surface area contributed by atoms with Crippen LogP contribution in [-0.2, 0) is 6.54 Å². The van der Waals surface area contributed by atoms with Crippen LogP contribution >= 0.6 is 0 Å². The van der Waals surface area contributed by atoms with Crippen LogP contribution in [0.5, 0.6) is 11.5 Å². The van der Waals surface area contributed by atoms with Crippen LogP contribution in [-0.4, -0.2) is 6.04 Å². The molecule has 0 saturated heterocycles. The van der Waals surface area contributed by atoms with Crippen molar-refractivity contribution in [1.82, 2.24) is 5.32 Å². The van der Waals surface area contributed by atoms with E-state index in [-0.39, 0.29) is 0 Å². The summed E-state index contributed by atoms with van der Waals surface area (Å²) in [6, 6.07) is 18.7. The summed E-state index contributed by atoms with van der Waals surface area (Å²) in [6.07, 6.45) is 2.42. The van der Waals surface area contributed by atoms with Crippen molar-refractivity contribution < 1.29 is 4.74 Å². The predicted molar refractivity (Wildman–Crippen MR) is 84.2 cm³/mol. The predicted octanol–water partition coefficient (Wildman–Crippen LogP) is 4.76. The summed E-state index contributed by atoms with van der Waals surface area (Å²) in [6.45, 7) is 5.33. The van der Waals surface area contributed by atoms with Gasteiger partial charge >= 0.3 is 0 Å². The van der Waals surface area contributed by atoms with Gasteiger partial charge in [-0.15, -0.1) is 0 Å². The van der Waals surface area contributed by atoms with Gasteiger partial charge in [0.05, 0.1) is 0 Å². The smallest absolute Gasteiger partial charge is 0.127 e. The third-order valence-electron chi connectivity index (χ3n) is 3.25. The fourth-order valence-electron chi connectivity index (χ4n) is 2.17. The van der Waals surface area contributed by atoms with Gasteiger partial charge in [0, 0.05) is 12.6 Å². The van der Waals surface area contributed by atoms with Crippen LogP contribution in [0.3, 0.4) is 0 Å². The minimum absolute atomic E-state index is 0.554. The van der Waals surface area contributed by atoms with E-state index in [1.54, 1.807) is 0 Å². The second kappa shape index (κ2) is 7.71. The summed E-state index contributed by atoms with van der Waals surface area (Å²) in [5.41, 5.74) is 1.25. The molecule has 2 rings (SSSR count). The number of para-hydroxylation sites is 1. The summed E-state index contributed by atoms with van der Waals surface area (Å²) in [7, 11) is 0. The molecule has 20 heavy (non-hydrogen) atoms. The van der Waals surface area contributed by atoms with Gasteiger partial charge in [0.15, 0.2) is 0 Å². The molecule has 0 amide bonds. The highest BCUT2D eigenvalue weighted by molar-refractivity contribution is 5.33. The van der Waals surface area contributed by atoms with Crippen molar-refractivity contribution >= 4 is 0 Å². The zero-order valence-corrected chi connectivity index (χ0v) is 12.3. The molecule has 0 radical (unpaired) electrons. The molecule has 106 valence electrons. The summed E-state index contributed by atoms with van der Waals surface area (Å²) in [5, 5.41) is 3.54. The first-order valence-corrected chi connectivity index (χ1v) is 7.33. The zero-order valence-electron chi connectivity index (χ0n) is 12.3. The maximum atomic E-state index is 5.85. The van der Waals surface area contributed by atoms with E-state index in [2.05, 4.69) is 31.3 Å². The van der Waals surface area contributed by atoms with Crippen molar-refractivity contribution in [2.24, 2.45) is 0 Å². The van der Waals surface area contributed by atoms with E-state index in [1.165, 1.54) is 18.4 Å². The number of ether oxygens (including phenoxy) is 1. The van der Waals surface area contributed by atoms with E-state index in [4.69, 9.17) is 4.74 Å². The molecule has 0 saturated carbocycles. The molecule has 1 atom stereocenters. The monoisotopic (exact) mass is 269 g/mol. The van der Waals surface area contributed by atoms with Gasteiger partial charge in [-0.25, -0.2) is 0 Å². The molecule has 1 unspecified atom stereocenters. The molecule has 0 fully saturated rings. The Balaban J connectivity index is 1.94. The molecule has 0 aliphatic heterocycles. The van der Waals surface area contributed by atoms with Crippen LogP contribution in [0.4, 0.5) is 0 Å². The Bertz CT molecular complexity index is 510. The van der Waals surface area contributed by atoms with E-state index in [0.717, 1.165) is 18.0 Å². The van der Waals surface area contributed by atoms with Crippen LogP contribution < -0.4 is 10.1 Å². The van der Waals surface area contributed by atoms with Crippen molar-refractivity contribution in [3.63, 3.8) is 0 Å². The van der Waals surface area contributed by atoms with Gasteiger partial charge in [0.25, 0.3) is 0 Å². The Morgan fingerprint density at radius 3 is 2.50 bits per heavy atom. The Hall–Kier alpha value is -1.80. The van der Waals surface area contributed by atoms with Gasteiger partial charge in [0.1, 0.15) is 11.5 Å². The summed E-state index contributed by atoms with van der Waals surface area (Å²) in [5.74, 6) is 1.76. The standard InChI is InChI=1S/C18H23NO/c1-3-8-15(2)19-14-16-9-7-12-18(13-16)20-17-10-5-4-6-11-17/h4-7,9-13,15,19H,3,8,14H2,1-2H3. The second-order valence-corrected chi connectivity index (χ2v) is 5.13. The van der Waals surface area contributed by atoms with Crippen molar-refractivity contribution in [3.8, 4) is 11.5 Å². The average Bonchev–Trinajstić information content (AvgIpc) is 2.47. The van der Waals surface area contributed by atoms with Gasteiger partial charge in [-0.1, -0.05) is 43.7 Å². The molecular formula is C18H23NO. The lowest BCUT2D eigenvalue weighted by atomic mass is 10.1. The summed E-state index contributed by atoms with van der Waals surface area (Å²) >= 11 is 0. The van der Waals surface area contributed by atoms with E-state index in [9.17, 15) is 0 Å². The van der Waals surface area contributed by atoms with Crippen molar-refractivity contribution in [2.75, 3.05) is 0 Å². The first kappa shape index (κ1) is 14.6. The topological polar surface area (TPSA) is 21.3 Å². The Kier molecular flexibility index (Phi) is 5.63. The van der Waals surface area contributed by atoms with Crippen molar-refractivity contribution in [3.05, 3.63) is 60.2 Å². The number of hydrogen-bond donors (Lipinski definition) is 1. The largest absolute Gasteiger partial charge is 0.457 e. The third-order valence-corrected chi connectivity index (χ3v) is 3.25. The van der Waals surface area contributed by atoms with Gasteiger partial charge < -0.3 is 10.1 Å². The highest BCUT2D eigenvalue weighted by Crippen LogP contribution is 2.21. The summed E-state index contributed by atoms with van der Waals surface area (Å²) < 4.78 is 5.85. The van der Waals surface area contributed by atoms with Crippen LogP contribution in [0.2, 0.25) is 0 Å². The molecule has 0 heterocycles. The molecule has 2 aromatic carbocycles. The SMILES string of the molecule is CCCC(C)NCc1cccc(Oc2ccccc2)c1. The fraction of sp³-hybridized carbons (Fsp3) is 0.333. The van der Waals surface area contributed by atoms with Crippen molar-refractivity contribution in [2.45, 2.75) is 39.3 Å². The molecule has 0 aromatic heterocycles. The minimum Gasteiger partial charge on any atom is -0.457 e. The number of rotatable bonds is 7.